The summed E-state index contributed by atoms with van der Waals surface area (Å²) >= 11 is 9.61. The third kappa shape index (κ3) is 5.97. The normalized spacial score (nSPS) is 11.6. The van der Waals surface area contributed by atoms with Gasteiger partial charge in [-0.15, -0.1) is 0 Å². The molecule has 0 bridgehead atoms. The zero-order valence-corrected chi connectivity index (χ0v) is 17.6. The Hall–Kier alpha value is -2.05. The fraction of sp³-hybridized carbons (Fsp3) is 0.300. The van der Waals surface area contributed by atoms with E-state index in [-0.39, 0.29) is 25.0 Å². The Labute approximate surface area is 172 Å². The predicted molar refractivity (Wildman–Crippen MR) is 110 cm³/mol. The van der Waals surface area contributed by atoms with Gasteiger partial charge in [0.1, 0.15) is 11.8 Å². The predicted octanol–water partition coefficient (Wildman–Crippen LogP) is 4.03. The molecule has 0 aromatic heterocycles. The molecule has 0 saturated carbocycles. The average Bonchev–Trinajstić information content (AvgIpc) is 2.68. The first kappa shape index (κ1) is 21.3. The minimum atomic E-state index is -0.604. The standard InChI is InChI=1S/C20H22BrClN2O3/c1-3-18(20(26)23-2)24(12-14-6-4-5-7-17(14)22)19(25)13-27-16-10-8-15(21)9-11-16/h4-11,18H,3,12-13H2,1-2H3,(H,23,26)/t18-/m0/s1. The highest BCUT2D eigenvalue weighted by molar-refractivity contribution is 9.10. The van der Waals surface area contributed by atoms with Crippen LogP contribution in [0.15, 0.2) is 53.0 Å². The van der Waals surface area contributed by atoms with Gasteiger partial charge < -0.3 is 15.0 Å². The van der Waals surface area contributed by atoms with Crippen molar-refractivity contribution >= 4 is 39.3 Å². The molecule has 0 unspecified atom stereocenters. The molecule has 144 valence electrons. The van der Waals surface area contributed by atoms with Gasteiger partial charge in [-0.05, 0) is 42.3 Å². The summed E-state index contributed by atoms with van der Waals surface area (Å²) in [7, 11) is 1.56. The maximum Gasteiger partial charge on any atom is 0.261 e. The van der Waals surface area contributed by atoms with Gasteiger partial charge in [-0.1, -0.05) is 52.7 Å². The molecule has 27 heavy (non-hydrogen) atoms. The van der Waals surface area contributed by atoms with E-state index >= 15 is 0 Å². The SMILES string of the molecule is CC[C@@H](C(=O)NC)N(Cc1ccccc1Cl)C(=O)COc1ccc(Br)cc1. The molecular formula is C20H22BrClN2O3. The van der Waals surface area contributed by atoms with E-state index in [9.17, 15) is 9.59 Å². The van der Waals surface area contributed by atoms with Crippen LogP contribution in [0.1, 0.15) is 18.9 Å². The molecule has 0 aliphatic heterocycles. The summed E-state index contributed by atoms with van der Waals surface area (Å²) in [5, 5.41) is 3.17. The van der Waals surface area contributed by atoms with Gasteiger partial charge in [0.15, 0.2) is 6.61 Å². The lowest BCUT2D eigenvalue weighted by atomic mass is 10.1. The van der Waals surface area contributed by atoms with Crippen molar-refractivity contribution in [3.05, 3.63) is 63.6 Å². The van der Waals surface area contributed by atoms with E-state index in [4.69, 9.17) is 16.3 Å². The van der Waals surface area contributed by atoms with Gasteiger partial charge >= 0.3 is 0 Å². The molecule has 0 radical (unpaired) electrons. The zero-order chi connectivity index (χ0) is 19.8. The lowest BCUT2D eigenvalue weighted by Gasteiger charge is -2.30. The molecule has 0 aliphatic rings. The molecule has 1 atom stereocenters. The molecule has 5 nitrogen and oxygen atoms in total. The summed E-state index contributed by atoms with van der Waals surface area (Å²) < 4.78 is 6.53. The van der Waals surface area contributed by atoms with Gasteiger partial charge in [-0.25, -0.2) is 0 Å². The summed E-state index contributed by atoms with van der Waals surface area (Å²) in [6.07, 6.45) is 0.480. The van der Waals surface area contributed by atoms with Crippen molar-refractivity contribution in [3.8, 4) is 5.75 Å². The Balaban J connectivity index is 2.19. The second-order valence-corrected chi connectivity index (χ2v) is 7.22. The van der Waals surface area contributed by atoms with Crippen LogP contribution >= 0.6 is 27.5 Å². The van der Waals surface area contributed by atoms with Crippen LogP contribution in [0.3, 0.4) is 0 Å². The average molecular weight is 454 g/mol. The fourth-order valence-corrected chi connectivity index (χ4v) is 3.11. The smallest absolute Gasteiger partial charge is 0.261 e. The first-order valence-electron chi connectivity index (χ1n) is 8.59. The highest BCUT2D eigenvalue weighted by atomic mass is 79.9. The van der Waals surface area contributed by atoms with Crippen molar-refractivity contribution in [2.75, 3.05) is 13.7 Å². The van der Waals surface area contributed by atoms with Gasteiger partial charge in [0.2, 0.25) is 5.91 Å². The number of benzene rings is 2. The van der Waals surface area contributed by atoms with Crippen molar-refractivity contribution in [1.82, 2.24) is 10.2 Å². The molecule has 2 amide bonds. The maximum absolute atomic E-state index is 12.9. The largest absolute Gasteiger partial charge is 0.484 e. The first-order valence-corrected chi connectivity index (χ1v) is 9.76. The van der Waals surface area contributed by atoms with E-state index < -0.39 is 6.04 Å². The van der Waals surface area contributed by atoms with Crippen molar-refractivity contribution in [2.24, 2.45) is 0 Å². The maximum atomic E-state index is 12.9. The van der Waals surface area contributed by atoms with Gasteiger partial charge in [0.25, 0.3) is 5.91 Å². The molecule has 0 fully saturated rings. The molecule has 2 rings (SSSR count). The minimum absolute atomic E-state index is 0.167. The Kier molecular flexibility index (Phi) is 8.13. The number of hydrogen-bond acceptors (Lipinski definition) is 3. The second kappa shape index (κ2) is 10.3. The molecule has 2 aromatic carbocycles. The molecule has 7 heteroatoms. The number of rotatable bonds is 8. The number of carbonyl (C=O) groups is 2. The van der Waals surface area contributed by atoms with Gasteiger partial charge in [-0.2, -0.15) is 0 Å². The summed E-state index contributed by atoms with van der Waals surface area (Å²) in [5.74, 6) is 0.0760. The fourth-order valence-electron chi connectivity index (χ4n) is 2.66. The topological polar surface area (TPSA) is 58.6 Å². The first-order chi connectivity index (χ1) is 13.0. The number of nitrogens with one attached hydrogen (secondary N) is 1. The summed E-state index contributed by atoms with van der Waals surface area (Å²) in [4.78, 5) is 26.7. The summed E-state index contributed by atoms with van der Waals surface area (Å²) in [5.41, 5.74) is 0.776. The van der Waals surface area contributed by atoms with Crippen LogP contribution in [0.2, 0.25) is 5.02 Å². The summed E-state index contributed by atoms with van der Waals surface area (Å²) in [6, 6.07) is 13.9. The van der Waals surface area contributed by atoms with Crippen LogP contribution in [0.4, 0.5) is 0 Å². The van der Waals surface area contributed by atoms with Crippen LogP contribution in [-0.4, -0.2) is 36.4 Å². The quantitative estimate of drug-likeness (QED) is 0.656. The molecular weight excluding hydrogens is 432 g/mol. The lowest BCUT2D eigenvalue weighted by molar-refractivity contribution is -0.142. The molecule has 0 heterocycles. The third-order valence-electron chi connectivity index (χ3n) is 4.11. The van der Waals surface area contributed by atoms with E-state index in [0.717, 1.165) is 10.0 Å². The van der Waals surface area contributed by atoms with Crippen molar-refractivity contribution in [1.29, 1.82) is 0 Å². The number of amides is 2. The highest BCUT2D eigenvalue weighted by Crippen LogP contribution is 2.20. The third-order valence-corrected chi connectivity index (χ3v) is 5.00. The number of nitrogens with zero attached hydrogens (tertiary/aromatic N) is 1. The lowest BCUT2D eigenvalue weighted by Crippen LogP contribution is -2.49. The molecule has 0 saturated heterocycles. The van der Waals surface area contributed by atoms with Gasteiger partial charge in [0, 0.05) is 23.1 Å². The highest BCUT2D eigenvalue weighted by Gasteiger charge is 2.28. The second-order valence-electron chi connectivity index (χ2n) is 5.89. The van der Waals surface area contributed by atoms with E-state index in [1.165, 1.54) is 4.90 Å². The van der Waals surface area contributed by atoms with Crippen LogP contribution < -0.4 is 10.1 Å². The zero-order valence-electron chi connectivity index (χ0n) is 15.2. The molecule has 1 N–H and O–H groups in total. The van der Waals surface area contributed by atoms with E-state index in [2.05, 4.69) is 21.2 Å². The van der Waals surface area contributed by atoms with E-state index in [1.54, 1.807) is 25.2 Å². The van der Waals surface area contributed by atoms with Crippen LogP contribution in [0, 0.1) is 0 Å². The molecule has 0 spiro atoms. The molecule has 0 aliphatic carbocycles. The number of halogens is 2. The van der Waals surface area contributed by atoms with Gasteiger partial charge in [0.05, 0.1) is 0 Å². The number of ether oxygens (including phenoxy) is 1. The monoisotopic (exact) mass is 452 g/mol. The van der Waals surface area contributed by atoms with Crippen molar-refractivity contribution < 1.29 is 14.3 Å². The Morgan fingerprint density at radius 3 is 2.44 bits per heavy atom. The van der Waals surface area contributed by atoms with Gasteiger partial charge in [-0.3, -0.25) is 9.59 Å². The number of carbonyl (C=O) groups excluding carboxylic acids is 2. The Bertz CT molecular complexity index is 783. The number of likely N-dealkylation sites (N-methyl/N-ethyl adjacent to an activating group) is 1. The van der Waals surface area contributed by atoms with E-state index in [0.29, 0.717) is 17.2 Å². The Morgan fingerprint density at radius 1 is 1.19 bits per heavy atom. The van der Waals surface area contributed by atoms with Crippen LogP contribution in [0.5, 0.6) is 5.75 Å². The minimum Gasteiger partial charge on any atom is -0.484 e. The van der Waals surface area contributed by atoms with Crippen LogP contribution in [-0.2, 0) is 16.1 Å². The Morgan fingerprint density at radius 2 is 1.85 bits per heavy atom. The summed E-state index contributed by atoms with van der Waals surface area (Å²) in [6.45, 7) is 1.93. The van der Waals surface area contributed by atoms with E-state index in [1.807, 2.05) is 37.3 Å². The van der Waals surface area contributed by atoms with Crippen molar-refractivity contribution in [3.63, 3.8) is 0 Å². The number of hydrogen-bond donors (Lipinski definition) is 1. The molecule has 2 aromatic rings. The van der Waals surface area contributed by atoms with Crippen LogP contribution in [0.25, 0.3) is 0 Å². The van der Waals surface area contributed by atoms with Crippen molar-refractivity contribution in [2.45, 2.75) is 25.9 Å².